The monoisotopic (exact) mass is 235 g/mol. The Morgan fingerprint density at radius 2 is 1.88 bits per heavy atom. The van der Waals surface area contributed by atoms with Gasteiger partial charge in [0.05, 0.1) is 11.1 Å². The molecular formula is C12H21N5. The first kappa shape index (κ1) is 13.4. The van der Waals surface area contributed by atoms with Crippen LogP contribution >= 0.6 is 0 Å². The van der Waals surface area contributed by atoms with Crippen LogP contribution in [0.15, 0.2) is 6.33 Å². The quantitative estimate of drug-likeness (QED) is 0.869. The van der Waals surface area contributed by atoms with Crippen molar-refractivity contribution in [2.75, 3.05) is 12.4 Å². The highest BCUT2D eigenvalue weighted by atomic mass is 15.3. The summed E-state index contributed by atoms with van der Waals surface area (Å²) < 4.78 is 1.92. The molecule has 0 saturated heterocycles. The fourth-order valence-corrected chi connectivity index (χ4v) is 1.69. The summed E-state index contributed by atoms with van der Waals surface area (Å²) in [5, 5.41) is 8.54. The van der Waals surface area contributed by atoms with Crippen molar-refractivity contribution >= 4 is 16.9 Å². The lowest BCUT2D eigenvalue weighted by molar-refractivity contribution is 0.542. The van der Waals surface area contributed by atoms with E-state index in [0.29, 0.717) is 6.04 Å². The maximum absolute atomic E-state index is 4.47. The third kappa shape index (κ3) is 2.38. The van der Waals surface area contributed by atoms with E-state index in [9.17, 15) is 0 Å². The molecule has 17 heavy (non-hydrogen) atoms. The summed E-state index contributed by atoms with van der Waals surface area (Å²) in [4.78, 5) is 8.46. The van der Waals surface area contributed by atoms with E-state index in [0.717, 1.165) is 22.5 Å². The zero-order valence-corrected chi connectivity index (χ0v) is 11.4. The minimum atomic E-state index is 0.306. The molecule has 0 amide bonds. The molecule has 94 valence electrons. The van der Waals surface area contributed by atoms with Gasteiger partial charge >= 0.3 is 0 Å². The second-order valence-electron chi connectivity index (χ2n) is 3.79. The molecule has 0 saturated carbocycles. The smallest absolute Gasteiger partial charge is 0.163 e. The van der Waals surface area contributed by atoms with Crippen LogP contribution in [0.4, 0.5) is 5.82 Å². The van der Waals surface area contributed by atoms with Gasteiger partial charge in [-0.05, 0) is 20.8 Å². The van der Waals surface area contributed by atoms with Gasteiger partial charge in [-0.25, -0.2) is 14.6 Å². The van der Waals surface area contributed by atoms with E-state index >= 15 is 0 Å². The molecule has 0 aliphatic carbocycles. The standard InChI is InChI=1S/C10H15N5.C2H6/c1-6(2)15-10-8(7(3)14-15)9(11-4)12-5-13-10;1-2/h5-6H,1-4H3,(H,11,12,13);1-2H3. The highest BCUT2D eigenvalue weighted by Gasteiger charge is 2.14. The lowest BCUT2D eigenvalue weighted by atomic mass is 10.3. The second kappa shape index (κ2) is 5.61. The highest BCUT2D eigenvalue weighted by Crippen LogP contribution is 2.24. The second-order valence-corrected chi connectivity index (χ2v) is 3.79. The Morgan fingerprint density at radius 3 is 2.41 bits per heavy atom. The number of nitrogens with zero attached hydrogens (tertiary/aromatic N) is 4. The van der Waals surface area contributed by atoms with Crippen molar-refractivity contribution < 1.29 is 0 Å². The van der Waals surface area contributed by atoms with Crippen LogP contribution in [0.2, 0.25) is 0 Å². The SMILES string of the molecule is CC.CNc1ncnc2c1c(C)nn2C(C)C. The van der Waals surface area contributed by atoms with Gasteiger partial charge < -0.3 is 5.32 Å². The molecule has 2 rings (SSSR count). The lowest BCUT2D eigenvalue weighted by Gasteiger charge is -2.06. The number of rotatable bonds is 2. The molecule has 1 N–H and O–H groups in total. The maximum Gasteiger partial charge on any atom is 0.163 e. The Hall–Kier alpha value is -1.65. The van der Waals surface area contributed by atoms with E-state index in [1.54, 1.807) is 6.33 Å². The van der Waals surface area contributed by atoms with Crippen LogP contribution in [0, 0.1) is 6.92 Å². The summed E-state index contributed by atoms with van der Waals surface area (Å²) in [6, 6.07) is 0.306. The van der Waals surface area contributed by atoms with Crippen molar-refractivity contribution in [3.63, 3.8) is 0 Å². The van der Waals surface area contributed by atoms with Crippen molar-refractivity contribution in [3.8, 4) is 0 Å². The Labute approximate surface area is 102 Å². The average Bonchev–Trinajstić information content (AvgIpc) is 2.70. The Balaban J connectivity index is 0.000000686. The molecule has 2 aromatic rings. The zero-order valence-electron chi connectivity index (χ0n) is 11.4. The fourth-order valence-electron chi connectivity index (χ4n) is 1.69. The number of fused-ring (bicyclic) bond motifs is 1. The third-order valence-electron chi connectivity index (χ3n) is 2.39. The van der Waals surface area contributed by atoms with Gasteiger partial charge in [-0.1, -0.05) is 13.8 Å². The molecule has 5 heteroatoms. The van der Waals surface area contributed by atoms with Gasteiger partial charge in [0.2, 0.25) is 0 Å². The molecule has 0 spiro atoms. The van der Waals surface area contributed by atoms with E-state index in [2.05, 4.69) is 34.2 Å². The molecule has 0 atom stereocenters. The minimum Gasteiger partial charge on any atom is -0.372 e. The zero-order chi connectivity index (χ0) is 13.0. The number of hydrogen-bond donors (Lipinski definition) is 1. The van der Waals surface area contributed by atoms with E-state index in [-0.39, 0.29) is 0 Å². The number of anilines is 1. The molecule has 0 bridgehead atoms. The molecule has 0 aliphatic heterocycles. The number of aryl methyl sites for hydroxylation is 1. The normalized spacial score (nSPS) is 10.3. The maximum atomic E-state index is 4.47. The van der Waals surface area contributed by atoms with E-state index in [4.69, 9.17) is 0 Å². The first-order chi connectivity index (χ1) is 8.15. The summed E-state index contributed by atoms with van der Waals surface area (Å²) >= 11 is 0. The largest absolute Gasteiger partial charge is 0.372 e. The highest BCUT2D eigenvalue weighted by molar-refractivity contribution is 5.89. The summed E-state index contributed by atoms with van der Waals surface area (Å²) in [6.45, 7) is 10.2. The molecule has 0 radical (unpaired) electrons. The van der Waals surface area contributed by atoms with Crippen LogP contribution in [0.25, 0.3) is 11.0 Å². The summed E-state index contributed by atoms with van der Waals surface area (Å²) in [6.07, 6.45) is 1.56. The number of hydrogen-bond acceptors (Lipinski definition) is 4. The van der Waals surface area contributed by atoms with Crippen LogP contribution in [0.5, 0.6) is 0 Å². The Morgan fingerprint density at radius 1 is 1.24 bits per heavy atom. The van der Waals surface area contributed by atoms with Gasteiger partial charge in [0.15, 0.2) is 5.65 Å². The summed E-state index contributed by atoms with van der Waals surface area (Å²) in [5.74, 6) is 0.837. The molecule has 0 fully saturated rings. The van der Waals surface area contributed by atoms with Crippen LogP contribution in [-0.4, -0.2) is 26.8 Å². The van der Waals surface area contributed by atoms with Crippen LogP contribution < -0.4 is 5.32 Å². The van der Waals surface area contributed by atoms with E-state index in [1.807, 2.05) is 32.5 Å². The Kier molecular flexibility index (Phi) is 4.43. The summed E-state index contributed by atoms with van der Waals surface area (Å²) in [7, 11) is 1.86. The van der Waals surface area contributed by atoms with Gasteiger partial charge in [0.1, 0.15) is 12.1 Å². The lowest BCUT2D eigenvalue weighted by Crippen LogP contribution is -2.04. The first-order valence-corrected chi connectivity index (χ1v) is 6.02. The van der Waals surface area contributed by atoms with Gasteiger partial charge in [-0.3, -0.25) is 0 Å². The molecule has 5 nitrogen and oxygen atoms in total. The van der Waals surface area contributed by atoms with E-state index in [1.165, 1.54) is 0 Å². The predicted octanol–water partition coefficient (Wildman–Crippen LogP) is 2.78. The summed E-state index contributed by atoms with van der Waals surface area (Å²) in [5.41, 5.74) is 1.85. The molecule has 0 aromatic carbocycles. The molecule has 2 heterocycles. The van der Waals surface area contributed by atoms with Gasteiger partial charge in [0.25, 0.3) is 0 Å². The average molecular weight is 235 g/mol. The van der Waals surface area contributed by atoms with Crippen LogP contribution in [0.3, 0.4) is 0 Å². The molecule has 2 aromatic heterocycles. The van der Waals surface area contributed by atoms with Crippen LogP contribution in [0.1, 0.15) is 39.4 Å². The van der Waals surface area contributed by atoms with E-state index < -0.39 is 0 Å². The van der Waals surface area contributed by atoms with Crippen molar-refractivity contribution in [2.45, 2.75) is 40.7 Å². The van der Waals surface area contributed by atoms with Gasteiger partial charge in [-0.2, -0.15) is 5.10 Å². The third-order valence-corrected chi connectivity index (χ3v) is 2.39. The molecule has 0 unspecified atom stereocenters. The van der Waals surface area contributed by atoms with Crippen LogP contribution in [-0.2, 0) is 0 Å². The number of aromatic nitrogens is 4. The number of nitrogens with one attached hydrogen (secondary N) is 1. The van der Waals surface area contributed by atoms with Gasteiger partial charge in [0, 0.05) is 13.1 Å². The molecule has 0 aliphatic rings. The fraction of sp³-hybridized carbons (Fsp3) is 0.583. The molecular weight excluding hydrogens is 214 g/mol. The minimum absolute atomic E-state index is 0.306. The first-order valence-electron chi connectivity index (χ1n) is 6.02. The van der Waals surface area contributed by atoms with Crippen molar-refractivity contribution in [1.82, 2.24) is 19.7 Å². The van der Waals surface area contributed by atoms with Gasteiger partial charge in [-0.15, -0.1) is 0 Å². The Bertz CT molecular complexity index is 487. The van der Waals surface area contributed by atoms with Crippen molar-refractivity contribution in [3.05, 3.63) is 12.0 Å². The topological polar surface area (TPSA) is 55.6 Å². The predicted molar refractivity (Wildman–Crippen MR) is 71.3 cm³/mol. The van der Waals surface area contributed by atoms with Crippen molar-refractivity contribution in [1.29, 1.82) is 0 Å². The van der Waals surface area contributed by atoms with Crippen molar-refractivity contribution in [2.24, 2.45) is 0 Å².